The Hall–Kier alpha value is 0.130. The normalized spacial score (nSPS) is 16.9. The molecule has 0 saturated carbocycles. The first kappa shape index (κ1) is 19.5. The smallest absolute Gasteiger partial charge is 0.241 e. The van der Waals surface area contributed by atoms with Gasteiger partial charge in [-0.15, -0.1) is 0 Å². The molecule has 5 heteroatoms. The molecule has 0 radical (unpaired) electrons. The van der Waals surface area contributed by atoms with E-state index in [1.54, 1.807) is 6.26 Å². The van der Waals surface area contributed by atoms with Gasteiger partial charge >= 0.3 is 0 Å². The summed E-state index contributed by atoms with van der Waals surface area (Å²) in [5.74, 6) is -0.376. The number of halogens is 2. The molecule has 1 heterocycles. The van der Waals surface area contributed by atoms with Gasteiger partial charge in [0.15, 0.2) is 0 Å². The molecule has 0 aromatic rings. The second kappa shape index (κ2) is 14.2. The topological polar surface area (TPSA) is 29.3 Å². The quantitative estimate of drug-likeness (QED) is 0.772. The molecule has 0 aliphatic carbocycles. The van der Waals surface area contributed by atoms with Crippen molar-refractivity contribution in [3.8, 4) is 0 Å². The monoisotopic (exact) mass is 270 g/mol. The molecule has 0 bridgehead atoms. The Morgan fingerprint density at radius 1 is 1.24 bits per heavy atom. The summed E-state index contributed by atoms with van der Waals surface area (Å²) in [4.78, 5) is 2.15. The highest BCUT2D eigenvalue weighted by Gasteiger charge is 2.25. The van der Waals surface area contributed by atoms with Crippen LogP contribution in [-0.2, 0) is 0 Å². The fourth-order valence-corrected chi connectivity index (χ4v) is 1.61. The lowest BCUT2D eigenvalue weighted by Crippen LogP contribution is -2.38. The average Bonchev–Trinajstić information content (AvgIpc) is 2.34. The minimum absolute atomic E-state index is 0.376. The van der Waals surface area contributed by atoms with Gasteiger partial charge in [0.2, 0.25) is 6.43 Å². The van der Waals surface area contributed by atoms with Crippen molar-refractivity contribution in [1.29, 1.82) is 0 Å². The SMILES string of the molecule is CCC.CS.NCCN1CCC(C(F)F)CC1. The third-order valence-electron chi connectivity index (χ3n) is 2.43. The van der Waals surface area contributed by atoms with Crippen molar-refractivity contribution in [3.05, 3.63) is 0 Å². The first-order valence-corrected chi connectivity index (χ1v) is 7.20. The summed E-state index contributed by atoms with van der Waals surface area (Å²) in [5.41, 5.74) is 5.36. The van der Waals surface area contributed by atoms with Crippen LogP contribution >= 0.6 is 12.6 Å². The van der Waals surface area contributed by atoms with Crippen LogP contribution in [0.3, 0.4) is 0 Å². The third kappa shape index (κ3) is 11.0. The van der Waals surface area contributed by atoms with Gasteiger partial charge in [-0.05, 0) is 32.2 Å². The number of nitrogens with two attached hydrogens (primary N) is 1. The van der Waals surface area contributed by atoms with Gasteiger partial charge in [0.25, 0.3) is 0 Å². The summed E-state index contributed by atoms with van der Waals surface area (Å²) < 4.78 is 24.4. The molecular weight excluding hydrogens is 242 g/mol. The molecule has 106 valence electrons. The lowest BCUT2D eigenvalue weighted by Gasteiger charge is -2.30. The molecule has 1 aliphatic rings. The third-order valence-corrected chi connectivity index (χ3v) is 2.43. The van der Waals surface area contributed by atoms with Crippen LogP contribution < -0.4 is 5.73 Å². The molecule has 0 aromatic heterocycles. The number of likely N-dealkylation sites (tertiary alicyclic amines) is 1. The van der Waals surface area contributed by atoms with E-state index in [-0.39, 0.29) is 5.92 Å². The van der Waals surface area contributed by atoms with Gasteiger partial charge < -0.3 is 10.6 Å². The van der Waals surface area contributed by atoms with Crippen LogP contribution in [0.1, 0.15) is 33.1 Å². The maximum atomic E-state index is 12.2. The number of hydrogen-bond donors (Lipinski definition) is 2. The highest BCUT2D eigenvalue weighted by atomic mass is 32.1. The van der Waals surface area contributed by atoms with Crippen LogP contribution in [0.4, 0.5) is 8.78 Å². The molecule has 1 rings (SSSR count). The van der Waals surface area contributed by atoms with Crippen molar-refractivity contribution in [1.82, 2.24) is 4.90 Å². The van der Waals surface area contributed by atoms with E-state index in [4.69, 9.17) is 5.73 Å². The van der Waals surface area contributed by atoms with Crippen molar-refractivity contribution < 1.29 is 8.78 Å². The van der Waals surface area contributed by atoms with Gasteiger partial charge in [-0.25, -0.2) is 8.78 Å². The molecule has 2 nitrogen and oxygen atoms in total. The van der Waals surface area contributed by atoms with Crippen molar-refractivity contribution in [2.75, 3.05) is 32.4 Å². The number of hydrogen-bond acceptors (Lipinski definition) is 3. The molecule has 1 fully saturated rings. The fraction of sp³-hybridized carbons (Fsp3) is 1.00. The zero-order valence-corrected chi connectivity index (χ0v) is 12.2. The zero-order valence-electron chi connectivity index (χ0n) is 11.3. The van der Waals surface area contributed by atoms with Gasteiger partial charge in [0.05, 0.1) is 0 Å². The molecule has 1 aliphatic heterocycles. The van der Waals surface area contributed by atoms with Crippen LogP contribution in [-0.4, -0.2) is 43.8 Å². The Bertz CT molecular complexity index is 140. The molecule has 1 saturated heterocycles. The number of piperidine rings is 1. The van der Waals surface area contributed by atoms with Gasteiger partial charge in [-0.3, -0.25) is 0 Å². The molecule has 0 spiro atoms. The number of nitrogens with zero attached hydrogens (tertiary/aromatic N) is 1. The standard InChI is InChI=1S/C8H16F2N2.C3H8.CH4S/c9-8(10)7-1-4-12(5-2-7)6-3-11;1-3-2;1-2/h7-8H,1-6,11H2;3H2,1-2H3;2H,1H3. The summed E-state index contributed by atoms with van der Waals surface area (Å²) in [5, 5.41) is 0. The molecule has 2 N–H and O–H groups in total. The van der Waals surface area contributed by atoms with E-state index in [1.807, 2.05) is 0 Å². The Balaban J connectivity index is 0. The van der Waals surface area contributed by atoms with Gasteiger partial charge in [-0.1, -0.05) is 20.3 Å². The largest absolute Gasteiger partial charge is 0.329 e. The number of alkyl halides is 2. The van der Waals surface area contributed by atoms with E-state index < -0.39 is 6.43 Å². The minimum atomic E-state index is -2.13. The first-order chi connectivity index (χ1) is 8.15. The van der Waals surface area contributed by atoms with Crippen LogP contribution in [0.5, 0.6) is 0 Å². The highest BCUT2D eigenvalue weighted by Crippen LogP contribution is 2.22. The van der Waals surface area contributed by atoms with E-state index in [0.717, 1.165) is 19.6 Å². The Kier molecular flexibility index (Phi) is 16.3. The van der Waals surface area contributed by atoms with Crippen LogP contribution in [0.2, 0.25) is 0 Å². The van der Waals surface area contributed by atoms with Gasteiger partial charge in [-0.2, -0.15) is 12.6 Å². The second-order valence-electron chi connectivity index (χ2n) is 4.01. The van der Waals surface area contributed by atoms with Crippen molar-refractivity contribution >= 4 is 12.6 Å². The molecule has 0 aromatic carbocycles. The summed E-state index contributed by atoms with van der Waals surface area (Å²) >= 11 is 3.53. The lowest BCUT2D eigenvalue weighted by molar-refractivity contribution is 0.0360. The van der Waals surface area contributed by atoms with E-state index >= 15 is 0 Å². The maximum absolute atomic E-state index is 12.2. The Labute approximate surface area is 110 Å². The van der Waals surface area contributed by atoms with Crippen molar-refractivity contribution in [2.45, 2.75) is 39.5 Å². The van der Waals surface area contributed by atoms with Crippen LogP contribution in [0.15, 0.2) is 0 Å². The second-order valence-corrected chi connectivity index (χ2v) is 4.01. The highest BCUT2D eigenvalue weighted by molar-refractivity contribution is 7.79. The number of rotatable bonds is 3. The predicted octanol–water partition coefficient (Wildman–Crippen LogP) is 2.88. The average molecular weight is 270 g/mol. The van der Waals surface area contributed by atoms with Gasteiger partial charge in [0, 0.05) is 19.0 Å². The van der Waals surface area contributed by atoms with Gasteiger partial charge in [0.1, 0.15) is 0 Å². The van der Waals surface area contributed by atoms with E-state index in [9.17, 15) is 8.78 Å². The van der Waals surface area contributed by atoms with Crippen LogP contribution in [0, 0.1) is 5.92 Å². The first-order valence-electron chi connectivity index (χ1n) is 6.30. The van der Waals surface area contributed by atoms with E-state index in [0.29, 0.717) is 19.4 Å². The molecule has 0 amide bonds. The summed E-state index contributed by atoms with van der Waals surface area (Å²) in [7, 11) is 0. The lowest BCUT2D eigenvalue weighted by atomic mass is 9.97. The van der Waals surface area contributed by atoms with Crippen molar-refractivity contribution in [2.24, 2.45) is 11.7 Å². The fourth-order valence-electron chi connectivity index (χ4n) is 1.61. The summed E-state index contributed by atoms with van der Waals surface area (Å²) in [6.07, 6.45) is 2.06. The molecule has 17 heavy (non-hydrogen) atoms. The molecule has 0 atom stereocenters. The predicted molar refractivity (Wildman–Crippen MR) is 75.1 cm³/mol. The zero-order chi connectivity index (χ0) is 13.7. The van der Waals surface area contributed by atoms with Crippen molar-refractivity contribution in [3.63, 3.8) is 0 Å². The molecule has 0 unspecified atom stereocenters. The minimum Gasteiger partial charge on any atom is -0.329 e. The maximum Gasteiger partial charge on any atom is 0.241 e. The van der Waals surface area contributed by atoms with E-state index in [1.165, 1.54) is 6.42 Å². The Morgan fingerprint density at radius 2 is 1.65 bits per heavy atom. The molecular formula is C12H28F2N2S. The number of thiol groups is 1. The van der Waals surface area contributed by atoms with Crippen LogP contribution in [0.25, 0.3) is 0 Å². The summed E-state index contributed by atoms with van der Waals surface area (Å²) in [6, 6.07) is 0. The summed E-state index contributed by atoms with van der Waals surface area (Å²) in [6.45, 7) is 7.29. The Morgan fingerprint density at radius 3 is 1.94 bits per heavy atom. The van der Waals surface area contributed by atoms with E-state index in [2.05, 4.69) is 31.4 Å².